The Bertz CT molecular complexity index is 1270. The van der Waals surface area contributed by atoms with Gasteiger partial charge >= 0.3 is 0 Å². The van der Waals surface area contributed by atoms with E-state index in [0.29, 0.717) is 60.6 Å². The van der Waals surface area contributed by atoms with Crippen molar-refractivity contribution in [1.82, 2.24) is 14.4 Å². The molecule has 0 unspecified atom stereocenters. The van der Waals surface area contributed by atoms with Crippen LogP contribution in [0.2, 0.25) is 0 Å². The second-order valence-corrected chi connectivity index (χ2v) is 11.7. The Hall–Kier alpha value is -2.76. The third kappa shape index (κ3) is 4.59. The number of nitrogens with zero attached hydrogens (tertiary/aromatic N) is 3. The molecule has 5 rings (SSSR count). The molecule has 1 amide bonds. The first-order chi connectivity index (χ1) is 16.4. The van der Waals surface area contributed by atoms with E-state index in [1.54, 1.807) is 36.8 Å². The summed E-state index contributed by atoms with van der Waals surface area (Å²) in [5, 5.41) is 8.68. The van der Waals surface area contributed by atoms with Gasteiger partial charge in [-0.15, -0.1) is 11.3 Å². The first-order valence-corrected chi connectivity index (χ1v) is 13.6. The van der Waals surface area contributed by atoms with E-state index >= 15 is 0 Å². The van der Waals surface area contributed by atoms with Crippen LogP contribution in [0.1, 0.15) is 43.9 Å². The molecule has 3 heterocycles. The molecule has 1 saturated heterocycles. The van der Waals surface area contributed by atoms with Crippen LogP contribution in [0, 0.1) is 5.92 Å². The summed E-state index contributed by atoms with van der Waals surface area (Å²) >= 11 is 1.15. The molecule has 2 aromatic heterocycles. The monoisotopic (exact) mass is 502 g/mol. The third-order valence-electron chi connectivity index (χ3n) is 6.49. The molecule has 1 aromatic carbocycles. The van der Waals surface area contributed by atoms with Gasteiger partial charge in [0.1, 0.15) is 9.96 Å². The van der Waals surface area contributed by atoms with E-state index in [1.165, 1.54) is 10.7 Å². The van der Waals surface area contributed by atoms with Gasteiger partial charge in [0.2, 0.25) is 17.6 Å². The lowest BCUT2D eigenvalue weighted by Crippen LogP contribution is -2.41. The Morgan fingerprint density at radius 3 is 2.71 bits per heavy atom. The molecule has 1 saturated carbocycles. The van der Waals surface area contributed by atoms with Crippen molar-refractivity contribution in [3.8, 4) is 17.1 Å². The predicted octanol–water partition coefficient (Wildman–Crippen LogP) is 4.11. The fourth-order valence-corrected chi connectivity index (χ4v) is 6.95. The number of thiophene rings is 1. The Labute approximate surface area is 202 Å². The normalized spacial score (nSPS) is 17.9. The quantitative estimate of drug-likeness (QED) is 0.517. The minimum atomic E-state index is -3.65. The van der Waals surface area contributed by atoms with E-state index in [4.69, 9.17) is 9.26 Å². The molecular formula is C23H26N4O5S2. The maximum absolute atomic E-state index is 13.2. The lowest BCUT2D eigenvalue weighted by molar-refractivity contribution is -0.120. The van der Waals surface area contributed by atoms with Crippen LogP contribution >= 0.6 is 11.3 Å². The molecule has 2 fully saturated rings. The van der Waals surface area contributed by atoms with Crippen molar-refractivity contribution in [2.45, 2.75) is 42.2 Å². The van der Waals surface area contributed by atoms with Crippen molar-refractivity contribution in [3.05, 3.63) is 41.6 Å². The number of amides is 1. The van der Waals surface area contributed by atoms with E-state index in [0.717, 1.165) is 24.2 Å². The fraction of sp³-hybridized carbons (Fsp3) is 0.435. The first kappa shape index (κ1) is 23.0. The standard InChI is InChI=1S/C23H26N4O5S2/c1-31-19-7-3-6-18(13-19)24-22(28)15-8-10-27(11-9-15)34(29,30)20-12-17(14-33-20)21-25-23(32-26-21)16-4-2-5-16/h3,6-7,12-16H,2,4-5,8-11H2,1H3,(H,24,28). The SMILES string of the molecule is COc1cccc(NC(=O)C2CCN(S(=O)(=O)c3cc(-c4noc(C5CCC5)n4)cs3)CC2)c1. The number of hydrogen-bond acceptors (Lipinski definition) is 8. The van der Waals surface area contributed by atoms with Crippen LogP contribution < -0.4 is 10.1 Å². The van der Waals surface area contributed by atoms with Gasteiger partial charge in [0.05, 0.1) is 7.11 Å². The lowest BCUT2D eigenvalue weighted by Gasteiger charge is -2.30. The van der Waals surface area contributed by atoms with Gasteiger partial charge in [-0.05, 0) is 43.9 Å². The van der Waals surface area contributed by atoms with Crippen molar-refractivity contribution in [1.29, 1.82) is 0 Å². The molecule has 9 nitrogen and oxygen atoms in total. The highest BCUT2D eigenvalue weighted by atomic mass is 32.2. The van der Waals surface area contributed by atoms with E-state index < -0.39 is 10.0 Å². The minimum absolute atomic E-state index is 0.108. The van der Waals surface area contributed by atoms with E-state index in [9.17, 15) is 13.2 Å². The number of piperidine rings is 1. The van der Waals surface area contributed by atoms with Gasteiger partial charge in [-0.1, -0.05) is 17.6 Å². The fourth-order valence-electron chi connectivity index (χ4n) is 4.17. The highest BCUT2D eigenvalue weighted by Gasteiger charge is 2.33. The van der Waals surface area contributed by atoms with Crippen molar-refractivity contribution in [2.24, 2.45) is 5.92 Å². The summed E-state index contributed by atoms with van der Waals surface area (Å²) in [7, 11) is -2.08. The van der Waals surface area contributed by atoms with Crippen molar-refractivity contribution in [3.63, 3.8) is 0 Å². The van der Waals surface area contributed by atoms with Gasteiger partial charge in [-0.2, -0.15) is 9.29 Å². The zero-order valence-corrected chi connectivity index (χ0v) is 20.4. The van der Waals surface area contributed by atoms with Gasteiger partial charge in [-0.25, -0.2) is 8.42 Å². The molecule has 34 heavy (non-hydrogen) atoms. The van der Waals surface area contributed by atoms with Crippen LogP contribution in [0.15, 0.2) is 44.4 Å². The van der Waals surface area contributed by atoms with Crippen LogP contribution in [0.3, 0.4) is 0 Å². The van der Waals surface area contributed by atoms with Gasteiger partial charge in [-0.3, -0.25) is 4.79 Å². The smallest absolute Gasteiger partial charge is 0.252 e. The molecule has 0 bridgehead atoms. The van der Waals surface area contributed by atoms with Crippen LogP contribution in [0.4, 0.5) is 5.69 Å². The number of hydrogen-bond donors (Lipinski definition) is 1. The predicted molar refractivity (Wildman–Crippen MR) is 127 cm³/mol. The summed E-state index contributed by atoms with van der Waals surface area (Å²) < 4.78 is 38.6. The van der Waals surface area contributed by atoms with Crippen LogP contribution in [0.25, 0.3) is 11.4 Å². The molecular weight excluding hydrogens is 476 g/mol. The Morgan fingerprint density at radius 2 is 2.00 bits per heavy atom. The number of sulfonamides is 1. The number of aromatic nitrogens is 2. The summed E-state index contributed by atoms with van der Waals surface area (Å²) in [5.74, 6) is 1.68. The summed E-state index contributed by atoms with van der Waals surface area (Å²) in [6, 6.07) is 8.78. The van der Waals surface area contributed by atoms with E-state index in [-0.39, 0.29) is 16.0 Å². The number of ether oxygens (including phenoxy) is 1. The summed E-state index contributed by atoms with van der Waals surface area (Å²) in [4.78, 5) is 17.1. The zero-order valence-electron chi connectivity index (χ0n) is 18.8. The number of rotatable bonds is 7. The van der Waals surface area contributed by atoms with Gasteiger partial charge in [0.25, 0.3) is 10.0 Å². The summed E-state index contributed by atoms with van der Waals surface area (Å²) in [5.41, 5.74) is 1.30. The van der Waals surface area contributed by atoms with Crippen LogP contribution in [-0.2, 0) is 14.8 Å². The van der Waals surface area contributed by atoms with Crippen LogP contribution in [0.5, 0.6) is 5.75 Å². The van der Waals surface area contributed by atoms with E-state index in [2.05, 4.69) is 15.5 Å². The number of methoxy groups -OCH3 is 1. The molecule has 0 spiro atoms. The maximum atomic E-state index is 13.2. The molecule has 1 aliphatic carbocycles. The molecule has 1 N–H and O–H groups in total. The van der Waals surface area contributed by atoms with Gasteiger partial charge < -0.3 is 14.6 Å². The molecule has 11 heteroatoms. The molecule has 0 atom stereocenters. The van der Waals surface area contributed by atoms with Crippen molar-refractivity contribution >= 4 is 33.0 Å². The van der Waals surface area contributed by atoms with E-state index in [1.807, 2.05) is 6.07 Å². The summed E-state index contributed by atoms with van der Waals surface area (Å²) in [6.07, 6.45) is 4.20. The van der Waals surface area contributed by atoms with Crippen molar-refractivity contribution < 1.29 is 22.5 Å². The lowest BCUT2D eigenvalue weighted by atomic mass is 9.85. The zero-order chi connectivity index (χ0) is 23.7. The second kappa shape index (κ2) is 9.47. The third-order valence-corrected chi connectivity index (χ3v) is 9.80. The largest absolute Gasteiger partial charge is 0.497 e. The van der Waals surface area contributed by atoms with Gasteiger partial charge in [0.15, 0.2) is 0 Å². The molecule has 180 valence electrons. The number of nitrogens with one attached hydrogen (secondary N) is 1. The highest BCUT2D eigenvalue weighted by Crippen LogP contribution is 2.37. The average Bonchev–Trinajstić information content (AvgIpc) is 3.48. The second-order valence-electron chi connectivity index (χ2n) is 8.64. The Morgan fingerprint density at radius 1 is 1.21 bits per heavy atom. The summed E-state index contributed by atoms with van der Waals surface area (Å²) in [6.45, 7) is 0.583. The number of carbonyl (C=O) groups is 1. The van der Waals surface area contributed by atoms with Crippen molar-refractivity contribution in [2.75, 3.05) is 25.5 Å². The Balaban J connectivity index is 1.20. The highest BCUT2D eigenvalue weighted by molar-refractivity contribution is 7.91. The number of carbonyl (C=O) groups excluding carboxylic acids is 1. The molecule has 1 aliphatic heterocycles. The maximum Gasteiger partial charge on any atom is 0.252 e. The Kier molecular flexibility index (Phi) is 6.41. The first-order valence-electron chi connectivity index (χ1n) is 11.3. The topological polar surface area (TPSA) is 115 Å². The number of anilines is 1. The number of benzene rings is 1. The van der Waals surface area contributed by atoms with Crippen LogP contribution in [-0.4, -0.2) is 49.0 Å². The minimum Gasteiger partial charge on any atom is -0.497 e. The molecule has 3 aromatic rings. The van der Waals surface area contributed by atoms with Gasteiger partial charge in [0, 0.05) is 47.6 Å². The molecule has 2 aliphatic rings. The average molecular weight is 503 g/mol. The molecule has 0 radical (unpaired) electrons.